The van der Waals surface area contributed by atoms with Crippen molar-refractivity contribution in [3.05, 3.63) is 28.1 Å². The van der Waals surface area contributed by atoms with Crippen LogP contribution in [0.2, 0.25) is 0 Å². The minimum atomic E-state index is 0.342. The van der Waals surface area contributed by atoms with Crippen molar-refractivity contribution in [2.24, 2.45) is 10.2 Å². The molecule has 0 amide bonds. The maximum Gasteiger partial charge on any atom is 0.158 e. The number of nitriles is 2. The van der Waals surface area contributed by atoms with E-state index in [9.17, 15) is 10.5 Å². The first kappa shape index (κ1) is 38.9. The fourth-order valence-corrected chi connectivity index (χ4v) is 5.57. The van der Waals surface area contributed by atoms with Crippen LogP contribution < -0.4 is 14.4 Å². The summed E-state index contributed by atoms with van der Waals surface area (Å²) in [7, 11) is 3.17. The molecule has 46 heavy (non-hydrogen) atoms. The average molecular weight is 658 g/mol. The van der Waals surface area contributed by atoms with Crippen LogP contribution in [0.15, 0.2) is 22.4 Å². The Hall–Kier alpha value is -3.30. The van der Waals surface area contributed by atoms with Gasteiger partial charge in [0.2, 0.25) is 0 Å². The number of thiophene rings is 1. The van der Waals surface area contributed by atoms with Gasteiger partial charge >= 0.3 is 0 Å². The monoisotopic (exact) mass is 657 g/mol. The standard InChI is InChI=1S/C33H51N7O5S/c1-8-38(9-2)12-16-43-18-14-40(15-19-45-21-20-44-17-13-39(10-3)11-4)29-23-30(41-6)28(22-31(29)42-7)36-37-33-27(24-34)26(5)32(25-35)46-33/h22-23H,8-21H2,1-7H3. The van der Waals surface area contributed by atoms with E-state index in [1.807, 2.05) is 6.07 Å². The first-order valence-corrected chi connectivity index (χ1v) is 16.8. The van der Waals surface area contributed by atoms with Gasteiger partial charge in [0.25, 0.3) is 0 Å². The molecule has 0 saturated carbocycles. The molecule has 0 aliphatic rings. The van der Waals surface area contributed by atoms with Crippen molar-refractivity contribution in [2.45, 2.75) is 34.6 Å². The smallest absolute Gasteiger partial charge is 0.158 e. The molecule has 0 radical (unpaired) electrons. The number of rotatable bonds is 24. The third kappa shape index (κ3) is 12.1. The topological polar surface area (TPSA) is 128 Å². The lowest BCUT2D eigenvalue weighted by atomic mass is 10.2. The molecule has 0 aliphatic carbocycles. The highest BCUT2D eigenvalue weighted by atomic mass is 32.1. The van der Waals surface area contributed by atoms with Crippen molar-refractivity contribution in [2.75, 3.05) is 111 Å². The molecule has 2 rings (SSSR count). The zero-order valence-corrected chi connectivity index (χ0v) is 29.5. The van der Waals surface area contributed by atoms with Crippen molar-refractivity contribution < 1.29 is 23.7 Å². The van der Waals surface area contributed by atoms with Gasteiger partial charge in [0, 0.05) is 38.3 Å². The predicted octanol–water partition coefficient (Wildman–Crippen LogP) is 5.77. The van der Waals surface area contributed by atoms with Crippen LogP contribution in [0, 0.1) is 29.6 Å². The molecule has 0 atom stereocenters. The second-order valence-electron chi connectivity index (χ2n) is 10.2. The van der Waals surface area contributed by atoms with Crippen LogP contribution in [0.5, 0.6) is 11.5 Å². The maximum absolute atomic E-state index is 9.59. The minimum absolute atomic E-state index is 0.342. The average Bonchev–Trinajstić information content (AvgIpc) is 3.40. The first-order valence-electron chi connectivity index (χ1n) is 15.9. The molecule has 0 unspecified atom stereocenters. The summed E-state index contributed by atoms with van der Waals surface area (Å²) in [4.78, 5) is 7.24. The van der Waals surface area contributed by atoms with Gasteiger partial charge in [-0.25, -0.2) is 0 Å². The van der Waals surface area contributed by atoms with E-state index in [2.05, 4.69) is 64.8 Å². The van der Waals surface area contributed by atoms with E-state index in [1.54, 1.807) is 27.2 Å². The molecule has 0 bridgehead atoms. The van der Waals surface area contributed by atoms with Crippen LogP contribution in [0.3, 0.4) is 0 Å². The largest absolute Gasteiger partial charge is 0.494 e. The molecule has 0 spiro atoms. The molecule has 12 nitrogen and oxygen atoms in total. The van der Waals surface area contributed by atoms with Gasteiger partial charge in [0.05, 0.1) is 65.1 Å². The molecule has 0 fully saturated rings. The number of likely N-dealkylation sites (N-methyl/N-ethyl adjacent to an activating group) is 2. The van der Waals surface area contributed by atoms with E-state index < -0.39 is 0 Å². The second kappa shape index (κ2) is 22.3. The van der Waals surface area contributed by atoms with E-state index in [0.717, 1.165) is 56.3 Å². The summed E-state index contributed by atoms with van der Waals surface area (Å²) in [6, 6.07) is 7.86. The highest BCUT2D eigenvalue weighted by molar-refractivity contribution is 7.16. The Bertz CT molecular complexity index is 1280. The minimum Gasteiger partial charge on any atom is -0.494 e. The van der Waals surface area contributed by atoms with E-state index in [4.69, 9.17) is 23.7 Å². The Morgan fingerprint density at radius 1 is 0.696 bits per heavy atom. The Morgan fingerprint density at radius 2 is 1.22 bits per heavy atom. The Balaban J connectivity index is 2.18. The van der Waals surface area contributed by atoms with E-state index >= 15 is 0 Å². The van der Waals surface area contributed by atoms with Gasteiger partial charge in [0.1, 0.15) is 34.2 Å². The zero-order chi connectivity index (χ0) is 33.7. The summed E-state index contributed by atoms with van der Waals surface area (Å²) in [5.41, 5.74) is 2.19. The van der Waals surface area contributed by atoms with E-state index in [-0.39, 0.29) is 0 Å². The number of hydrogen-bond acceptors (Lipinski definition) is 13. The molecule has 0 aliphatic heterocycles. The molecule has 1 aromatic heterocycles. The van der Waals surface area contributed by atoms with Crippen LogP contribution in [-0.2, 0) is 14.2 Å². The molecule has 13 heteroatoms. The van der Waals surface area contributed by atoms with Crippen molar-refractivity contribution in [3.8, 4) is 23.6 Å². The van der Waals surface area contributed by atoms with Crippen LogP contribution >= 0.6 is 11.3 Å². The molecule has 0 saturated heterocycles. The number of anilines is 1. The zero-order valence-electron chi connectivity index (χ0n) is 28.6. The molecule has 1 heterocycles. The van der Waals surface area contributed by atoms with E-state index in [1.165, 1.54) is 0 Å². The van der Waals surface area contributed by atoms with Gasteiger partial charge in [-0.3, -0.25) is 0 Å². The van der Waals surface area contributed by atoms with Crippen LogP contribution in [0.4, 0.5) is 16.4 Å². The summed E-state index contributed by atoms with van der Waals surface area (Å²) in [5, 5.41) is 28.0. The number of benzene rings is 1. The lowest BCUT2D eigenvalue weighted by Crippen LogP contribution is -2.33. The fraction of sp³-hybridized carbons (Fsp3) is 0.636. The predicted molar refractivity (Wildman–Crippen MR) is 182 cm³/mol. The lowest BCUT2D eigenvalue weighted by molar-refractivity contribution is 0.0413. The summed E-state index contributed by atoms with van der Waals surface area (Å²) < 4.78 is 29.2. The van der Waals surface area contributed by atoms with Gasteiger partial charge in [-0.05, 0) is 38.7 Å². The third-order valence-electron chi connectivity index (χ3n) is 7.69. The third-order valence-corrected chi connectivity index (χ3v) is 8.77. The quantitative estimate of drug-likeness (QED) is 0.101. The van der Waals surface area contributed by atoms with Gasteiger partial charge in [-0.15, -0.1) is 21.6 Å². The number of nitrogens with zero attached hydrogens (tertiary/aromatic N) is 7. The molecule has 0 N–H and O–H groups in total. The number of methoxy groups -OCH3 is 2. The maximum atomic E-state index is 9.59. The lowest BCUT2D eigenvalue weighted by Gasteiger charge is -2.27. The highest BCUT2D eigenvalue weighted by Crippen LogP contribution is 2.42. The molecule has 1 aromatic carbocycles. The summed E-state index contributed by atoms with van der Waals surface area (Å²) in [6.07, 6.45) is 0. The van der Waals surface area contributed by atoms with Gasteiger partial charge < -0.3 is 38.4 Å². The Morgan fingerprint density at radius 3 is 1.70 bits per heavy atom. The molecular weight excluding hydrogens is 606 g/mol. The Labute approximate surface area is 279 Å². The SMILES string of the molecule is CCN(CC)CCOCCOCCN(CCOCCN(CC)CC)c1cc(OC)c(N=Nc2sc(C#N)c(C)c2C#N)cc1OC. The summed E-state index contributed by atoms with van der Waals surface area (Å²) in [5.74, 6) is 1.07. The summed E-state index contributed by atoms with van der Waals surface area (Å²) in [6.45, 7) is 20.8. The number of ether oxygens (including phenoxy) is 5. The van der Waals surface area contributed by atoms with Crippen LogP contribution in [0.1, 0.15) is 43.7 Å². The van der Waals surface area contributed by atoms with Crippen molar-refractivity contribution in [1.82, 2.24) is 9.80 Å². The van der Waals surface area contributed by atoms with Gasteiger partial charge in [-0.1, -0.05) is 27.7 Å². The Kier molecular flexibility index (Phi) is 18.8. The molecular formula is C33H51N7O5S. The van der Waals surface area contributed by atoms with Gasteiger partial charge in [0.15, 0.2) is 5.00 Å². The van der Waals surface area contributed by atoms with Crippen molar-refractivity contribution in [1.29, 1.82) is 10.5 Å². The van der Waals surface area contributed by atoms with Crippen LogP contribution in [-0.4, -0.2) is 116 Å². The first-order chi connectivity index (χ1) is 22.4. The highest BCUT2D eigenvalue weighted by Gasteiger charge is 2.19. The molecule has 254 valence electrons. The number of hydrogen-bond donors (Lipinski definition) is 0. The molecule has 2 aromatic rings. The second-order valence-corrected chi connectivity index (χ2v) is 11.2. The normalized spacial score (nSPS) is 11.4. The van der Waals surface area contributed by atoms with Crippen LogP contribution in [0.25, 0.3) is 0 Å². The number of azo groups is 1. The van der Waals surface area contributed by atoms with Crippen molar-refractivity contribution >= 4 is 27.7 Å². The van der Waals surface area contributed by atoms with E-state index in [0.29, 0.717) is 90.9 Å². The van der Waals surface area contributed by atoms with Gasteiger partial charge in [-0.2, -0.15) is 10.5 Å². The summed E-state index contributed by atoms with van der Waals surface area (Å²) >= 11 is 1.13. The van der Waals surface area contributed by atoms with Crippen molar-refractivity contribution in [3.63, 3.8) is 0 Å². The fourth-order valence-electron chi connectivity index (χ4n) is 4.69.